The number of halogens is 1. The molecular formula is C23H23ClN8S. The fourth-order valence-corrected chi connectivity index (χ4v) is 4.98. The average Bonchev–Trinajstić information content (AvgIpc) is 2.83. The van der Waals surface area contributed by atoms with Gasteiger partial charge in [-0.05, 0) is 43.2 Å². The van der Waals surface area contributed by atoms with E-state index in [2.05, 4.69) is 24.8 Å². The topological polar surface area (TPSA) is 120 Å². The first-order valence-electron chi connectivity index (χ1n) is 10.6. The van der Waals surface area contributed by atoms with Gasteiger partial charge in [0.05, 0.1) is 11.2 Å². The molecule has 0 saturated carbocycles. The molecule has 1 saturated heterocycles. The lowest BCUT2D eigenvalue weighted by molar-refractivity contribution is 0.328. The Morgan fingerprint density at radius 2 is 1.85 bits per heavy atom. The molecule has 0 unspecified atom stereocenters. The van der Waals surface area contributed by atoms with E-state index in [0.29, 0.717) is 16.5 Å². The lowest BCUT2D eigenvalue weighted by Gasteiger charge is -2.39. The molecule has 1 aliphatic rings. The van der Waals surface area contributed by atoms with Gasteiger partial charge in [0, 0.05) is 48.0 Å². The van der Waals surface area contributed by atoms with E-state index >= 15 is 0 Å². The smallest absolute Gasteiger partial charge is 0.179 e. The van der Waals surface area contributed by atoms with E-state index < -0.39 is 0 Å². The molecule has 1 aliphatic heterocycles. The third-order valence-corrected chi connectivity index (χ3v) is 7.31. The highest BCUT2D eigenvalue weighted by Gasteiger charge is 2.32. The Hall–Kier alpha value is -3.01. The molecule has 4 N–H and O–H groups in total. The number of fused-ring (bicyclic) bond motifs is 1. The molecule has 1 fully saturated rings. The summed E-state index contributed by atoms with van der Waals surface area (Å²) in [6, 6.07) is 11.6. The van der Waals surface area contributed by atoms with Gasteiger partial charge in [0.2, 0.25) is 0 Å². The summed E-state index contributed by atoms with van der Waals surface area (Å²) in [5.74, 6) is 1.14. The van der Waals surface area contributed by atoms with E-state index in [1.807, 2.05) is 42.6 Å². The molecule has 0 radical (unpaired) electrons. The minimum absolute atomic E-state index is 0.250. The van der Waals surface area contributed by atoms with Gasteiger partial charge in [-0.1, -0.05) is 29.4 Å². The number of nitrogen functional groups attached to an aromatic ring is 1. The maximum absolute atomic E-state index is 6.69. The third-order valence-electron chi connectivity index (χ3n) is 5.80. The van der Waals surface area contributed by atoms with E-state index in [1.54, 1.807) is 12.4 Å². The van der Waals surface area contributed by atoms with Crippen molar-refractivity contribution in [1.29, 1.82) is 0 Å². The highest BCUT2D eigenvalue weighted by Crippen LogP contribution is 2.35. The van der Waals surface area contributed by atoms with Crippen molar-refractivity contribution in [3.05, 3.63) is 65.7 Å². The van der Waals surface area contributed by atoms with Crippen molar-refractivity contribution < 1.29 is 0 Å². The van der Waals surface area contributed by atoms with Gasteiger partial charge in [-0.2, -0.15) is 0 Å². The fourth-order valence-electron chi connectivity index (χ4n) is 3.94. The number of aromatic nitrogens is 5. The summed E-state index contributed by atoms with van der Waals surface area (Å²) in [5, 5.41) is 1.19. The van der Waals surface area contributed by atoms with Crippen LogP contribution in [0.15, 0.2) is 64.9 Å². The van der Waals surface area contributed by atoms with Crippen LogP contribution in [0.2, 0.25) is 5.02 Å². The normalized spacial score (nSPS) is 15.6. The standard InChI is InChI=1S/C23H23ClN8S/c24-20-17(6-10-28-21(20)25)33-19-5-4-16-22(31-19)29-14-18(30-16)32-11-7-23(26,8-12-32)13-15-3-1-2-9-27-15/h1-6,9-10,14H,7-8,11-13,26H2,(H2,25,28). The van der Waals surface area contributed by atoms with Gasteiger partial charge in [0.25, 0.3) is 0 Å². The number of hydrogen-bond acceptors (Lipinski definition) is 9. The van der Waals surface area contributed by atoms with Crippen molar-refractivity contribution in [1.82, 2.24) is 24.9 Å². The van der Waals surface area contributed by atoms with Crippen molar-refractivity contribution in [3.8, 4) is 0 Å². The minimum atomic E-state index is -0.250. The Morgan fingerprint density at radius 3 is 2.64 bits per heavy atom. The predicted molar refractivity (Wildman–Crippen MR) is 131 cm³/mol. The zero-order valence-corrected chi connectivity index (χ0v) is 19.4. The van der Waals surface area contributed by atoms with Gasteiger partial charge < -0.3 is 16.4 Å². The lowest BCUT2D eigenvalue weighted by atomic mass is 9.84. The Bertz CT molecular complexity index is 1280. The van der Waals surface area contributed by atoms with Crippen LogP contribution < -0.4 is 16.4 Å². The van der Waals surface area contributed by atoms with Crippen molar-refractivity contribution >= 4 is 46.2 Å². The van der Waals surface area contributed by atoms with Crippen molar-refractivity contribution in [2.24, 2.45) is 5.73 Å². The van der Waals surface area contributed by atoms with Crippen LogP contribution in [0, 0.1) is 0 Å². The summed E-state index contributed by atoms with van der Waals surface area (Å²) in [6.07, 6.45) is 7.74. The molecule has 0 atom stereocenters. The van der Waals surface area contributed by atoms with Gasteiger partial charge in [-0.15, -0.1) is 0 Å². The van der Waals surface area contributed by atoms with E-state index in [-0.39, 0.29) is 5.54 Å². The summed E-state index contributed by atoms with van der Waals surface area (Å²) in [4.78, 5) is 25.4. The monoisotopic (exact) mass is 478 g/mol. The number of nitrogens with zero attached hydrogens (tertiary/aromatic N) is 6. The van der Waals surface area contributed by atoms with Crippen LogP contribution in [0.3, 0.4) is 0 Å². The van der Waals surface area contributed by atoms with Crippen LogP contribution in [0.1, 0.15) is 18.5 Å². The first-order chi connectivity index (χ1) is 16.0. The van der Waals surface area contributed by atoms with Crippen molar-refractivity contribution in [2.45, 2.75) is 34.7 Å². The van der Waals surface area contributed by atoms with Crippen LogP contribution in [0.4, 0.5) is 11.6 Å². The molecule has 4 aromatic rings. The van der Waals surface area contributed by atoms with Gasteiger partial charge in [-0.25, -0.2) is 19.9 Å². The Balaban J connectivity index is 1.28. The summed E-state index contributed by atoms with van der Waals surface area (Å²) in [5.41, 5.74) is 14.6. The number of pyridine rings is 3. The quantitative estimate of drug-likeness (QED) is 0.441. The number of piperidine rings is 1. The zero-order chi connectivity index (χ0) is 22.8. The maximum Gasteiger partial charge on any atom is 0.179 e. The highest BCUT2D eigenvalue weighted by atomic mass is 35.5. The molecule has 0 spiro atoms. The van der Waals surface area contributed by atoms with Gasteiger partial charge in [0.15, 0.2) is 5.65 Å². The van der Waals surface area contributed by atoms with Gasteiger partial charge in [-0.3, -0.25) is 4.98 Å². The van der Waals surface area contributed by atoms with Gasteiger partial charge in [0.1, 0.15) is 22.2 Å². The Labute approximate surface area is 200 Å². The van der Waals surface area contributed by atoms with Crippen LogP contribution in [0.5, 0.6) is 0 Å². The maximum atomic E-state index is 6.69. The first-order valence-corrected chi connectivity index (χ1v) is 11.8. The van der Waals surface area contributed by atoms with E-state index in [1.165, 1.54) is 11.8 Å². The molecule has 0 aliphatic carbocycles. The summed E-state index contributed by atoms with van der Waals surface area (Å²) in [7, 11) is 0. The largest absolute Gasteiger partial charge is 0.382 e. The number of rotatable bonds is 5. The molecule has 10 heteroatoms. The molecule has 168 valence electrons. The summed E-state index contributed by atoms with van der Waals surface area (Å²) in [6.45, 7) is 1.65. The molecule has 0 aromatic carbocycles. The number of nitrogens with two attached hydrogens (primary N) is 2. The van der Waals surface area contributed by atoms with Crippen molar-refractivity contribution in [3.63, 3.8) is 0 Å². The fraction of sp³-hybridized carbons (Fsp3) is 0.261. The average molecular weight is 479 g/mol. The lowest BCUT2D eigenvalue weighted by Crippen LogP contribution is -2.52. The number of hydrogen-bond donors (Lipinski definition) is 2. The molecule has 4 aromatic heterocycles. The third kappa shape index (κ3) is 4.85. The molecule has 5 rings (SSSR count). The van der Waals surface area contributed by atoms with E-state index in [0.717, 1.165) is 59.3 Å². The highest BCUT2D eigenvalue weighted by molar-refractivity contribution is 7.99. The first kappa shape index (κ1) is 21.8. The van der Waals surface area contributed by atoms with E-state index in [9.17, 15) is 0 Å². The van der Waals surface area contributed by atoms with Crippen LogP contribution in [-0.4, -0.2) is 43.5 Å². The Kier molecular flexibility index (Phi) is 6.01. The second-order valence-electron chi connectivity index (χ2n) is 8.18. The predicted octanol–water partition coefficient (Wildman–Crippen LogP) is 3.74. The van der Waals surface area contributed by atoms with Gasteiger partial charge >= 0.3 is 0 Å². The zero-order valence-electron chi connectivity index (χ0n) is 17.9. The second-order valence-corrected chi connectivity index (χ2v) is 9.62. The summed E-state index contributed by atoms with van der Waals surface area (Å²) < 4.78 is 0. The van der Waals surface area contributed by atoms with Crippen molar-refractivity contribution in [2.75, 3.05) is 23.7 Å². The SMILES string of the molecule is Nc1nccc(Sc2ccc3nc(N4CCC(N)(Cc5ccccn5)CC4)cnc3n2)c1Cl. The Morgan fingerprint density at radius 1 is 1.00 bits per heavy atom. The molecular weight excluding hydrogens is 456 g/mol. The van der Waals surface area contributed by atoms with Crippen LogP contribution in [-0.2, 0) is 6.42 Å². The molecule has 0 amide bonds. The summed E-state index contributed by atoms with van der Waals surface area (Å²) >= 11 is 7.67. The number of anilines is 2. The second kappa shape index (κ2) is 9.09. The van der Waals surface area contributed by atoms with E-state index in [4.69, 9.17) is 28.1 Å². The molecule has 8 nitrogen and oxygen atoms in total. The van der Waals surface area contributed by atoms with Crippen LogP contribution >= 0.6 is 23.4 Å². The van der Waals surface area contributed by atoms with Crippen LogP contribution in [0.25, 0.3) is 11.2 Å². The molecule has 0 bridgehead atoms. The molecule has 5 heterocycles. The minimum Gasteiger partial charge on any atom is -0.382 e. The molecule has 33 heavy (non-hydrogen) atoms.